The minimum absolute atomic E-state index is 0.0894. The third kappa shape index (κ3) is 2.57. The molecule has 0 saturated carbocycles. The van der Waals surface area contributed by atoms with Crippen molar-refractivity contribution in [1.82, 2.24) is 14.9 Å². The van der Waals surface area contributed by atoms with Crippen molar-refractivity contribution in [3.8, 4) is 0 Å². The van der Waals surface area contributed by atoms with E-state index in [0.29, 0.717) is 19.0 Å². The van der Waals surface area contributed by atoms with E-state index in [1.165, 1.54) is 4.90 Å². The fourth-order valence-corrected chi connectivity index (χ4v) is 3.60. The van der Waals surface area contributed by atoms with Gasteiger partial charge in [0.25, 0.3) is 0 Å². The molecule has 3 aliphatic heterocycles. The first-order valence-electron chi connectivity index (χ1n) is 8.51. The van der Waals surface area contributed by atoms with Gasteiger partial charge in [0.15, 0.2) is 0 Å². The zero-order chi connectivity index (χ0) is 18.0. The summed E-state index contributed by atoms with van der Waals surface area (Å²) in [4.78, 5) is 23.3. The van der Waals surface area contributed by atoms with Crippen LogP contribution in [0.3, 0.4) is 0 Å². The fraction of sp³-hybridized carbons (Fsp3) is 0.688. The third-order valence-corrected chi connectivity index (χ3v) is 5.84. The number of hydrogen-bond donors (Lipinski definition) is 1. The van der Waals surface area contributed by atoms with Crippen molar-refractivity contribution < 1.29 is 19.2 Å². The van der Waals surface area contributed by atoms with Crippen molar-refractivity contribution >= 4 is 24.6 Å². The van der Waals surface area contributed by atoms with E-state index in [1.54, 1.807) is 12.4 Å². The summed E-state index contributed by atoms with van der Waals surface area (Å²) in [6.07, 6.45) is 2.66. The van der Waals surface area contributed by atoms with Gasteiger partial charge < -0.3 is 24.2 Å². The third-order valence-electron chi connectivity index (χ3n) is 5.84. The van der Waals surface area contributed by atoms with Gasteiger partial charge in [0.2, 0.25) is 5.95 Å². The van der Waals surface area contributed by atoms with Gasteiger partial charge >= 0.3 is 13.2 Å². The lowest BCUT2D eigenvalue weighted by molar-refractivity contribution is -0.0101. The molecule has 134 valence electrons. The molecule has 1 aromatic rings. The Bertz CT molecular complexity index is 679. The second-order valence-corrected chi connectivity index (χ2v) is 8.40. The maximum absolute atomic E-state index is 10.9. The fourth-order valence-electron chi connectivity index (χ4n) is 3.60. The first-order valence-corrected chi connectivity index (χ1v) is 8.51. The Labute approximate surface area is 147 Å². The van der Waals surface area contributed by atoms with Crippen LogP contribution in [0.1, 0.15) is 27.7 Å². The van der Waals surface area contributed by atoms with E-state index in [4.69, 9.17) is 14.4 Å². The summed E-state index contributed by atoms with van der Waals surface area (Å²) in [5.74, 6) is 0.666. The topological polar surface area (TPSA) is 88.0 Å². The molecule has 0 radical (unpaired) electrons. The molecule has 0 bridgehead atoms. The molecule has 1 spiro atoms. The van der Waals surface area contributed by atoms with Crippen molar-refractivity contribution in [2.24, 2.45) is 5.41 Å². The lowest BCUT2D eigenvalue weighted by Gasteiger charge is -2.59. The Hall–Kier alpha value is -1.87. The van der Waals surface area contributed by atoms with Crippen LogP contribution in [0.25, 0.3) is 0 Å². The highest BCUT2D eigenvalue weighted by atomic mass is 16.7. The highest BCUT2D eigenvalue weighted by Crippen LogP contribution is 2.41. The van der Waals surface area contributed by atoms with E-state index in [9.17, 15) is 4.79 Å². The highest BCUT2D eigenvalue weighted by molar-refractivity contribution is 6.61. The summed E-state index contributed by atoms with van der Waals surface area (Å²) in [6.45, 7) is 10.9. The van der Waals surface area contributed by atoms with Crippen LogP contribution in [0.4, 0.5) is 10.7 Å². The molecule has 0 atom stereocenters. The zero-order valence-corrected chi connectivity index (χ0v) is 15.0. The molecule has 9 heteroatoms. The first-order chi connectivity index (χ1) is 11.6. The molecule has 0 aromatic carbocycles. The Kier molecular flexibility index (Phi) is 3.37. The molecule has 1 N–H and O–H groups in total. The number of aromatic nitrogens is 2. The van der Waals surface area contributed by atoms with Crippen LogP contribution in [0.15, 0.2) is 12.4 Å². The number of hydrogen-bond acceptors (Lipinski definition) is 6. The van der Waals surface area contributed by atoms with E-state index in [1.807, 2.05) is 27.7 Å². The molecule has 4 heterocycles. The number of rotatable bonds is 2. The van der Waals surface area contributed by atoms with Crippen LogP contribution >= 0.6 is 0 Å². The molecule has 8 nitrogen and oxygen atoms in total. The number of likely N-dealkylation sites (tertiary alicyclic amines) is 1. The monoisotopic (exact) mass is 346 g/mol. The Morgan fingerprint density at radius 2 is 1.60 bits per heavy atom. The molecule has 25 heavy (non-hydrogen) atoms. The van der Waals surface area contributed by atoms with Gasteiger partial charge in [-0.1, -0.05) is 0 Å². The molecule has 3 aliphatic rings. The maximum Gasteiger partial charge on any atom is 0.498 e. The second kappa shape index (κ2) is 5.08. The smallest absolute Gasteiger partial charge is 0.465 e. The molecule has 1 aromatic heterocycles. The summed E-state index contributed by atoms with van der Waals surface area (Å²) >= 11 is 0. The molecule has 0 unspecified atom stereocenters. The van der Waals surface area contributed by atoms with Crippen LogP contribution in [0.5, 0.6) is 0 Å². The molecular formula is C16H23BN4O4. The molecule has 1 amide bonds. The average molecular weight is 346 g/mol. The van der Waals surface area contributed by atoms with Gasteiger partial charge in [0, 0.05) is 49.5 Å². The largest absolute Gasteiger partial charge is 0.498 e. The number of carboxylic acid groups (broad SMARTS) is 1. The van der Waals surface area contributed by atoms with E-state index in [2.05, 4.69) is 14.9 Å². The van der Waals surface area contributed by atoms with E-state index >= 15 is 0 Å². The normalized spacial score (nSPS) is 25.7. The van der Waals surface area contributed by atoms with Crippen LogP contribution in [-0.2, 0) is 9.31 Å². The lowest BCUT2D eigenvalue weighted by atomic mass is 9.73. The summed E-state index contributed by atoms with van der Waals surface area (Å²) in [6, 6.07) is 0. The number of anilines is 1. The molecule has 4 rings (SSSR count). The SMILES string of the molecule is CC1(C)OB(c2cnc(N3CC4(CN(C(=O)O)C4)C3)nc2)OC1(C)C. The quantitative estimate of drug-likeness (QED) is 0.784. The van der Waals surface area contributed by atoms with Gasteiger partial charge in [0.05, 0.1) is 11.2 Å². The Morgan fingerprint density at radius 1 is 1.08 bits per heavy atom. The predicted molar refractivity (Wildman–Crippen MR) is 92.0 cm³/mol. The van der Waals surface area contributed by atoms with Crippen LogP contribution < -0.4 is 10.4 Å². The minimum Gasteiger partial charge on any atom is -0.465 e. The van der Waals surface area contributed by atoms with Gasteiger partial charge in [-0.2, -0.15) is 0 Å². The average Bonchev–Trinajstić information content (AvgIpc) is 2.65. The van der Waals surface area contributed by atoms with Crippen molar-refractivity contribution in [1.29, 1.82) is 0 Å². The summed E-state index contributed by atoms with van der Waals surface area (Å²) in [7, 11) is -0.461. The van der Waals surface area contributed by atoms with Crippen molar-refractivity contribution in [3.05, 3.63) is 12.4 Å². The van der Waals surface area contributed by atoms with E-state index < -0.39 is 13.2 Å². The Balaban J connectivity index is 1.37. The molecule has 3 saturated heterocycles. The van der Waals surface area contributed by atoms with Gasteiger partial charge in [-0.25, -0.2) is 14.8 Å². The molecular weight excluding hydrogens is 323 g/mol. The van der Waals surface area contributed by atoms with Crippen molar-refractivity contribution in [2.75, 3.05) is 31.1 Å². The van der Waals surface area contributed by atoms with Gasteiger partial charge in [-0.3, -0.25) is 0 Å². The molecule has 0 aliphatic carbocycles. The van der Waals surface area contributed by atoms with E-state index in [-0.39, 0.29) is 16.6 Å². The number of amides is 1. The summed E-state index contributed by atoms with van der Waals surface area (Å²) < 4.78 is 12.0. The second-order valence-electron chi connectivity index (χ2n) is 8.40. The van der Waals surface area contributed by atoms with Gasteiger partial charge in [-0.05, 0) is 27.7 Å². The van der Waals surface area contributed by atoms with Crippen molar-refractivity contribution in [2.45, 2.75) is 38.9 Å². The Morgan fingerprint density at radius 3 is 2.08 bits per heavy atom. The first kappa shape index (κ1) is 16.6. The summed E-state index contributed by atoms with van der Waals surface area (Å²) in [5.41, 5.74) is 0.117. The van der Waals surface area contributed by atoms with Crippen molar-refractivity contribution in [3.63, 3.8) is 0 Å². The maximum atomic E-state index is 10.9. The lowest BCUT2D eigenvalue weighted by Crippen LogP contribution is -2.73. The minimum atomic E-state index is -0.841. The standard InChI is InChI=1S/C16H23BN4O4/c1-14(2)15(3,4)25-17(24-14)11-5-18-12(19-6-11)20-7-16(8-20)9-21(10-16)13(22)23/h5-6H,7-10H2,1-4H3,(H,22,23). The van der Waals surface area contributed by atoms with Crippen LogP contribution in [-0.4, -0.2) is 70.6 Å². The van der Waals surface area contributed by atoms with E-state index in [0.717, 1.165) is 18.6 Å². The predicted octanol–water partition coefficient (Wildman–Crippen LogP) is 0.576. The highest BCUT2D eigenvalue weighted by Gasteiger charge is 2.54. The number of nitrogens with zero attached hydrogens (tertiary/aromatic N) is 4. The van der Waals surface area contributed by atoms with Gasteiger partial charge in [0.1, 0.15) is 0 Å². The van der Waals surface area contributed by atoms with Crippen LogP contribution in [0.2, 0.25) is 0 Å². The number of carbonyl (C=O) groups is 1. The molecule has 3 fully saturated rings. The van der Waals surface area contributed by atoms with Crippen LogP contribution in [0, 0.1) is 5.41 Å². The summed E-state index contributed by atoms with van der Waals surface area (Å²) in [5, 5.41) is 8.94. The van der Waals surface area contributed by atoms with Gasteiger partial charge in [-0.15, -0.1) is 0 Å². The zero-order valence-electron chi connectivity index (χ0n) is 15.0.